The van der Waals surface area contributed by atoms with Gasteiger partial charge in [0.25, 0.3) is 0 Å². The summed E-state index contributed by atoms with van der Waals surface area (Å²) in [5, 5.41) is 0. The Labute approximate surface area is 236 Å². The van der Waals surface area contributed by atoms with Gasteiger partial charge in [-0.2, -0.15) is 0 Å². The average Bonchev–Trinajstić information content (AvgIpc) is 2.81. The van der Waals surface area contributed by atoms with Crippen molar-refractivity contribution in [3.63, 3.8) is 0 Å². The third-order valence-electron chi connectivity index (χ3n) is 10.9. The van der Waals surface area contributed by atoms with Crippen molar-refractivity contribution in [2.75, 3.05) is 0 Å². The van der Waals surface area contributed by atoms with Gasteiger partial charge in [-0.05, 0) is 41.4 Å². The molecule has 0 amide bonds. The zero-order chi connectivity index (χ0) is 26.7. The van der Waals surface area contributed by atoms with Crippen LogP contribution in [0.15, 0.2) is 0 Å². The van der Waals surface area contributed by atoms with Crippen molar-refractivity contribution in [3.8, 4) is 0 Å². The monoisotopic (exact) mass is 517 g/mol. The predicted octanol–water partition coefficient (Wildman–Crippen LogP) is 13.2. The zero-order valence-electron chi connectivity index (χ0n) is 26.7. The van der Waals surface area contributed by atoms with Gasteiger partial charge in [-0.3, -0.25) is 0 Å². The predicted molar refractivity (Wildman–Crippen MR) is 168 cm³/mol. The summed E-state index contributed by atoms with van der Waals surface area (Å²) in [4.78, 5) is 0. The standard InChI is InChI=1S/C18H34.C10H20.C9H18/c1-15-7-3-11-17(12-4-8-15)18-13-5-9-16(2)10-6-14-18;1-9-5-3-7-10(2)8-4-6-9;1-9-7-5-3-2-4-6-8-9/h15-18H,3-14H2,1-2H3;9-10H,3-8H2,1-2H3;9H,2-8H2,1H3. The van der Waals surface area contributed by atoms with E-state index in [0.717, 1.165) is 41.4 Å². The van der Waals surface area contributed by atoms with E-state index in [2.05, 4.69) is 34.6 Å². The summed E-state index contributed by atoms with van der Waals surface area (Å²) in [5.41, 5.74) is 0. The molecule has 0 heterocycles. The summed E-state index contributed by atoms with van der Waals surface area (Å²) in [6.45, 7) is 12.1. The van der Waals surface area contributed by atoms with E-state index in [9.17, 15) is 0 Å². The molecule has 4 saturated carbocycles. The lowest BCUT2D eigenvalue weighted by Gasteiger charge is -2.32. The summed E-state index contributed by atoms with van der Waals surface area (Å²) in [6, 6.07) is 0. The molecule has 37 heavy (non-hydrogen) atoms. The summed E-state index contributed by atoms with van der Waals surface area (Å²) >= 11 is 0. The molecule has 0 spiro atoms. The first-order chi connectivity index (χ1) is 17.9. The van der Waals surface area contributed by atoms with Crippen molar-refractivity contribution < 1.29 is 0 Å². The van der Waals surface area contributed by atoms with E-state index in [0.29, 0.717) is 0 Å². The van der Waals surface area contributed by atoms with E-state index in [4.69, 9.17) is 0 Å². The second-order valence-electron chi connectivity index (χ2n) is 15.0. The van der Waals surface area contributed by atoms with Crippen LogP contribution in [0.4, 0.5) is 0 Å². The SMILES string of the molecule is CC1CCCC(C)CCC1.CC1CCCC(C2CCCC(C)CCC2)CCC1.CC1CCCCCCC1. The molecule has 0 atom stereocenters. The fourth-order valence-corrected chi connectivity index (χ4v) is 8.01. The maximum atomic E-state index is 2.46. The molecule has 0 N–H and O–H groups in total. The van der Waals surface area contributed by atoms with Crippen molar-refractivity contribution >= 4 is 0 Å². The molecule has 0 aromatic carbocycles. The molecular weight excluding hydrogens is 444 g/mol. The van der Waals surface area contributed by atoms with E-state index < -0.39 is 0 Å². The van der Waals surface area contributed by atoms with E-state index in [1.807, 2.05) is 0 Å². The quantitative estimate of drug-likeness (QED) is 0.325. The van der Waals surface area contributed by atoms with Crippen molar-refractivity contribution in [1.82, 2.24) is 0 Å². The molecule has 0 aliphatic heterocycles. The Kier molecular flexibility index (Phi) is 18.7. The van der Waals surface area contributed by atoms with Crippen molar-refractivity contribution in [3.05, 3.63) is 0 Å². The van der Waals surface area contributed by atoms with Crippen LogP contribution in [-0.4, -0.2) is 0 Å². The highest BCUT2D eigenvalue weighted by Crippen LogP contribution is 2.37. The van der Waals surface area contributed by atoms with Gasteiger partial charge < -0.3 is 0 Å². The smallest absolute Gasteiger partial charge is 0.0386 e. The third kappa shape index (κ3) is 16.6. The van der Waals surface area contributed by atoms with E-state index in [1.54, 1.807) is 25.7 Å². The molecular formula is C37H72. The first-order valence-corrected chi connectivity index (χ1v) is 17.9. The van der Waals surface area contributed by atoms with E-state index in [1.165, 1.54) is 135 Å². The summed E-state index contributed by atoms with van der Waals surface area (Å²) < 4.78 is 0. The summed E-state index contributed by atoms with van der Waals surface area (Å²) in [7, 11) is 0. The van der Waals surface area contributed by atoms with Gasteiger partial charge in [-0.25, -0.2) is 0 Å². The molecule has 4 rings (SSSR count). The minimum atomic E-state index is 1.00. The van der Waals surface area contributed by atoms with Crippen LogP contribution < -0.4 is 0 Å². The van der Waals surface area contributed by atoms with Gasteiger partial charge in [-0.15, -0.1) is 0 Å². The Hall–Kier alpha value is 0. The molecule has 220 valence electrons. The van der Waals surface area contributed by atoms with Gasteiger partial charge >= 0.3 is 0 Å². The van der Waals surface area contributed by atoms with Gasteiger partial charge in [0.2, 0.25) is 0 Å². The van der Waals surface area contributed by atoms with Crippen LogP contribution in [0.3, 0.4) is 0 Å². The molecule has 0 radical (unpaired) electrons. The molecule has 0 unspecified atom stereocenters. The van der Waals surface area contributed by atoms with Crippen LogP contribution in [0.25, 0.3) is 0 Å². The lowest BCUT2D eigenvalue weighted by Crippen LogP contribution is -2.19. The zero-order valence-corrected chi connectivity index (χ0v) is 26.7. The normalized spacial score (nSPS) is 35.6. The van der Waals surface area contributed by atoms with Gasteiger partial charge in [0.05, 0.1) is 0 Å². The Balaban J connectivity index is 0.000000214. The van der Waals surface area contributed by atoms with E-state index >= 15 is 0 Å². The number of hydrogen-bond acceptors (Lipinski definition) is 0. The Bertz CT molecular complexity index is 436. The van der Waals surface area contributed by atoms with Crippen LogP contribution in [0, 0.1) is 41.4 Å². The van der Waals surface area contributed by atoms with Crippen molar-refractivity contribution in [2.24, 2.45) is 41.4 Å². The first-order valence-electron chi connectivity index (χ1n) is 17.9. The van der Waals surface area contributed by atoms with Crippen LogP contribution >= 0.6 is 0 Å². The van der Waals surface area contributed by atoms with Crippen LogP contribution in [0.1, 0.15) is 195 Å². The average molecular weight is 517 g/mol. The van der Waals surface area contributed by atoms with Crippen LogP contribution in [-0.2, 0) is 0 Å². The van der Waals surface area contributed by atoms with Crippen molar-refractivity contribution in [1.29, 1.82) is 0 Å². The Morgan fingerprint density at radius 1 is 0.216 bits per heavy atom. The fraction of sp³-hybridized carbons (Fsp3) is 1.00. The molecule has 4 fully saturated rings. The minimum absolute atomic E-state index is 1.00. The topological polar surface area (TPSA) is 0 Å². The maximum Gasteiger partial charge on any atom is -0.0386 e. The third-order valence-corrected chi connectivity index (χ3v) is 10.9. The molecule has 4 aliphatic rings. The van der Waals surface area contributed by atoms with Crippen LogP contribution in [0.5, 0.6) is 0 Å². The highest BCUT2D eigenvalue weighted by atomic mass is 14.3. The fourth-order valence-electron chi connectivity index (χ4n) is 8.01. The maximum absolute atomic E-state index is 2.46. The Morgan fingerprint density at radius 2 is 0.405 bits per heavy atom. The molecule has 0 bridgehead atoms. The minimum Gasteiger partial charge on any atom is -0.0625 e. The van der Waals surface area contributed by atoms with Crippen molar-refractivity contribution in [2.45, 2.75) is 195 Å². The molecule has 0 aromatic heterocycles. The molecule has 0 saturated heterocycles. The van der Waals surface area contributed by atoms with Gasteiger partial charge in [0, 0.05) is 0 Å². The molecule has 4 aliphatic carbocycles. The number of rotatable bonds is 1. The van der Waals surface area contributed by atoms with Crippen LogP contribution in [0.2, 0.25) is 0 Å². The second-order valence-corrected chi connectivity index (χ2v) is 15.0. The second kappa shape index (κ2) is 20.8. The molecule has 0 heteroatoms. The van der Waals surface area contributed by atoms with Gasteiger partial charge in [0.15, 0.2) is 0 Å². The highest BCUT2D eigenvalue weighted by molar-refractivity contribution is 4.76. The lowest BCUT2D eigenvalue weighted by atomic mass is 9.74. The largest absolute Gasteiger partial charge is 0.0625 e. The summed E-state index contributed by atoms with van der Waals surface area (Å²) in [6.07, 6.45) is 37.5. The van der Waals surface area contributed by atoms with E-state index in [-0.39, 0.29) is 0 Å². The molecule has 0 nitrogen and oxygen atoms in total. The first kappa shape index (κ1) is 33.2. The van der Waals surface area contributed by atoms with Gasteiger partial charge in [-0.1, -0.05) is 195 Å². The number of hydrogen-bond donors (Lipinski definition) is 0. The van der Waals surface area contributed by atoms with Gasteiger partial charge in [0.1, 0.15) is 0 Å². The Morgan fingerprint density at radius 3 is 0.676 bits per heavy atom. The lowest BCUT2D eigenvalue weighted by molar-refractivity contribution is 0.201. The summed E-state index contributed by atoms with van der Waals surface area (Å²) in [5.74, 6) is 7.22. The molecule has 0 aromatic rings. The highest BCUT2D eigenvalue weighted by Gasteiger charge is 2.24.